The molecule has 19 heavy (non-hydrogen) atoms. The summed E-state index contributed by atoms with van der Waals surface area (Å²) < 4.78 is 12.9. The van der Waals surface area contributed by atoms with Crippen LogP contribution in [-0.4, -0.2) is 29.8 Å². The van der Waals surface area contributed by atoms with Crippen LogP contribution in [0.15, 0.2) is 18.2 Å². The summed E-state index contributed by atoms with van der Waals surface area (Å²) in [5.74, 6) is -1.13. The van der Waals surface area contributed by atoms with Gasteiger partial charge in [-0.05, 0) is 25.1 Å². The molecule has 1 aliphatic heterocycles. The summed E-state index contributed by atoms with van der Waals surface area (Å²) in [6.07, 6.45) is 0.207. The first-order valence-electron chi connectivity index (χ1n) is 6.05. The predicted octanol–water partition coefficient (Wildman–Crippen LogP) is 2.29. The highest BCUT2D eigenvalue weighted by molar-refractivity contribution is 6.33. The highest BCUT2D eigenvalue weighted by atomic mass is 35.5. The molecular formula is C13H14ClFN2O2. The lowest BCUT2D eigenvalue weighted by atomic mass is 10.1. The fraction of sp³-hybridized carbons (Fsp3) is 0.385. The van der Waals surface area contributed by atoms with Crippen LogP contribution in [0.2, 0.25) is 5.02 Å². The summed E-state index contributed by atoms with van der Waals surface area (Å²) in [5, 5.41) is 2.77. The Bertz CT molecular complexity index is 521. The zero-order valence-corrected chi connectivity index (χ0v) is 11.2. The molecule has 1 unspecified atom stereocenters. The second kappa shape index (κ2) is 5.57. The van der Waals surface area contributed by atoms with Crippen LogP contribution in [0, 0.1) is 11.7 Å². The fourth-order valence-corrected chi connectivity index (χ4v) is 2.29. The molecule has 102 valence electrons. The molecule has 6 heteroatoms. The SMILES string of the molecule is CCN1CC(C(=O)Nc2ccc(F)cc2Cl)CC1=O. The van der Waals surface area contributed by atoms with Crippen LogP contribution in [0.3, 0.4) is 0 Å². The highest BCUT2D eigenvalue weighted by Gasteiger charge is 2.33. The third kappa shape index (κ3) is 3.04. The molecule has 2 rings (SSSR count). The molecule has 0 aliphatic carbocycles. The van der Waals surface area contributed by atoms with Gasteiger partial charge in [-0.2, -0.15) is 0 Å². The lowest BCUT2D eigenvalue weighted by Crippen LogP contribution is -2.28. The molecule has 0 spiro atoms. The molecule has 0 aromatic heterocycles. The van der Waals surface area contributed by atoms with E-state index in [2.05, 4.69) is 5.32 Å². The van der Waals surface area contributed by atoms with E-state index in [1.165, 1.54) is 12.1 Å². The van der Waals surface area contributed by atoms with Gasteiger partial charge in [-0.25, -0.2) is 4.39 Å². The van der Waals surface area contributed by atoms with E-state index in [4.69, 9.17) is 11.6 Å². The van der Waals surface area contributed by atoms with Crippen LogP contribution in [0.25, 0.3) is 0 Å². The zero-order valence-electron chi connectivity index (χ0n) is 10.5. The van der Waals surface area contributed by atoms with Crippen molar-refractivity contribution in [3.05, 3.63) is 29.0 Å². The number of carbonyl (C=O) groups is 2. The Labute approximate surface area is 115 Å². The number of likely N-dealkylation sites (tertiary alicyclic amines) is 1. The van der Waals surface area contributed by atoms with Gasteiger partial charge in [0.1, 0.15) is 5.82 Å². The molecule has 1 aromatic rings. The van der Waals surface area contributed by atoms with Crippen molar-refractivity contribution in [1.29, 1.82) is 0 Å². The molecule has 1 saturated heterocycles. The molecule has 1 atom stereocenters. The first kappa shape index (κ1) is 13.8. The van der Waals surface area contributed by atoms with Crippen LogP contribution in [0.1, 0.15) is 13.3 Å². The van der Waals surface area contributed by atoms with Crippen LogP contribution in [-0.2, 0) is 9.59 Å². The largest absolute Gasteiger partial charge is 0.342 e. The summed E-state index contributed by atoms with van der Waals surface area (Å²) in [6.45, 7) is 2.88. The number of benzene rings is 1. The molecule has 0 radical (unpaired) electrons. The average molecular weight is 285 g/mol. The quantitative estimate of drug-likeness (QED) is 0.926. The molecule has 1 heterocycles. The Balaban J connectivity index is 2.04. The maximum absolute atomic E-state index is 12.9. The number of amides is 2. The third-order valence-electron chi connectivity index (χ3n) is 3.16. The first-order valence-corrected chi connectivity index (χ1v) is 6.42. The lowest BCUT2D eigenvalue weighted by molar-refractivity contribution is -0.128. The lowest BCUT2D eigenvalue weighted by Gasteiger charge is -2.14. The van der Waals surface area contributed by atoms with Gasteiger partial charge in [-0.1, -0.05) is 11.6 Å². The Morgan fingerprint density at radius 2 is 2.32 bits per heavy atom. The summed E-state index contributed by atoms with van der Waals surface area (Å²) in [4.78, 5) is 25.2. The molecule has 1 aliphatic rings. The van der Waals surface area contributed by atoms with E-state index in [-0.39, 0.29) is 29.2 Å². The number of hydrogen-bond acceptors (Lipinski definition) is 2. The van der Waals surface area contributed by atoms with E-state index in [0.29, 0.717) is 18.8 Å². The van der Waals surface area contributed by atoms with Crippen molar-refractivity contribution in [1.82, 2.24) is 4.90 Å². The number of nitrogens with one attached hydrogen (secondary N) is 1. The normalized spacial score (nSPS) is 18.8. The van der Waals surface area contributed by atoms with Gasteiger partial charge < -0.3 is 10.2 Å². The maximum atomic E-state index is 12.9. The van der Waals surface area contributed by atoms with Crippen LogP contribution in [0.5, 0.6) is 0 Å². The Morgan fingerprint density at radius 1 is 1.58 bits per heavy atom. The van der Waals surface area contributed by atoms with E-state index >= 15 is 0 Å². The Hall–Kier alpha value is -1.62. The second-order valence-corrected chi connectivity index (χ2v) is 4.85. The van der Waals surface area contributed by atoms with E-state index in [0.717, 1.165) is 6.07 Å². The average Bonchev–Trinajstić information content (AvgIpc) is 2.74. The first-order chi connectivity index (χ1) is 9.01. The topological polar surface area (TPSA) is 49.4 Å². The van der Waals surface area contributed by atoms with Gasteiger partial charge in [0.05, 0.1) is 16.6 Å². The Morgan fingerprint density at radius 3 is 2.89 bits per heavy atom. The maximum Gasteiger partial charge on any atom is 0.229 e. The molecule has 2 amide bonds. The van der Waals surface area contributed by atoms with Crippen molar-refractivity contribution in [2.24, 2.45) is 5.92 Å². The van der Waals surface area contributed by atoms with Crippen LogP contribution in [0.4, 0.5) is 10.1 Å². The van der Waals surface area contributed by atoms with Gasteiger partial charge in [-0.15, -0.1) is 0 Å². The number of anilines is 1. The fourth-order valence-electron chi connectivity index (χ4n) is 2.08. The van der Waals surface area contributed by atoms with E-state index in [9.17, 15) is 14.0 Å². The summed E-state index contributed by atoms with van der Waals surface area (Å²) in [7, 11) is 0. The van der Waals surface area contributed by atoms with Crippen LogP contribution < -0.4 is 5.32 Å². The molecule has 4 nitrogen and oxygen atoms in total. The summed E-state index contributed by atoms with van der Waals surface area (Å²) in [6, 6.07) is 3.76. The molecule has 1 N–H and O–H groups in total. The van der Waals surface area contributed by atoms with Gasteiger partial charge in [0.15, 0.2) is 0 Å². The second-order valence-electron chi connectivity index (χ2n) is 4.45. The van der Waals surface area contributed by atoms with Crippen molar-refractivity contribution < 1.29 is 14.0 Å². The number of nitrogens with zero attached hydrogens (tertiary/aromatic N) is 1. The van der Waals surface area contributed by atoms with Crippen molar-refractivity contribution in [2.75, 3.05) is 18.4 Å². The molecule has 1 aromatic carbocycles. The minimum absolute atomic E-state index is 0.0205. The minimum Gasteiger partial charge on any atom is -0.342 e. The number of rotatable bonds is 3. The van der Waals surface area contributed by atoms with E-state index in [1.807, 2.05) is 6.92 Å². The smallest absolute Gasteiger partial charge is 0.229 e. The Kier molecular flexibility index (Phi) is 4.04. The van der Waals surface area contributed by atoms with Gasteiger partial charge >= 0.3 is 0 Å². The van der Waals surface area contributed by atoms with Crippen molar-refractivity contribution in [2.45, 2.75) is 13.3 Å². The number of carbonyl (C=O) groups excluding carboxylic acids is 2. The molecule has 0 saturated carbocycles. The van der Waals surface area contributed by atoms with Gasteiger partial charge in [0, 0.05) is 19.5 Å². The predicted molar refractivity (Wildman–Crippen MR) is 70.4 cm³/mol. The van der Waals surface area contributed by atoms with Crippen LogP contribution >= 0.6 is 11.6 Å². The van der Waals surface area contributed by atoms with Crippen molar-refractivity contribution in [3.63, 3.8) is 0 Å². The van der Waals surface area contributed by atoms with Crippen molar-refractivity contribution >= 4 is 29.1 Å². The zero-order chi connectivity index (χ0) is 14.0. The summed E-state index contributed by atoms with van der Waals surface area (Å²) >= 11 is 5.83. The standard InChI is InChI=1S/C13H14ClFN2O2/c1-2-17-7-8(5-12(17)18)13(19)16-11-4-3-9(15)6-10(11)14/h3-4,6,8H,2,5,7H2,1H3,(H,16,19). The molecular weight excluding hydrogens is 271 g/mol. The number of halogens is 2. The van der Waals surface area contributed by atoms with Gasteiger partial charge in [0.2, 0.25) is 11.8 Å². The minimum atomic E-state index is -0.462. The van der Waals surface area contributed by atoms with E-state index < -0.39 is 5.82 Å². The van der Waals surface area contributed by atoms with E-state index in [1.54, 1.807) is 4.90 Å². The monoisotopic (exact) mass is 284 g/mol. The molecule has 0 bridgehead atoms. The van der Waals surface area contributed by atoms with Gasteiger partial charge in [-0.3, -0.25) is 9.59 Å². The van der Waals surface area contributed by atoms with Crippen molar-refractivity contribution in [3.8, 4) is 0 Å². The highest BCUT2D eigenvalue weighted by Crippen LogP contribution is 2.25. The third-order valence-corrected chi connectivity index (χ3v) is 3.47. The van der Waals surface area contributed by atoms with Gasteiger partial charge in [0.25, 0.3) is 0 Å². The summed E-state index contributed by atoms with van der Waals surface area (Å²) in [5.41, 5.74) is 0.357. The number of hydrogen-bond donors (Lipinski definition) is 1. The molecule has 1 fully saturated rings.